The number of hydrogen-bond acceptors (Lipinski definition) is 2. The Balaban J connectivity index is 2.98. The molecule has 17 heavy (non-hydrogen) atoms. The number of benzene rings is 1. The summed E-state index contributed by atoms with van der Waals surface area (Å²) in [5.41, 5.74) is 7.02. The van der Waals surface area contributed by atoms with Crippen LogP contribution in [0, 0.1) is 0 Å². The minimum Gasteiger partial charge on any atom is -0.393 e. The second kappa shape index (κ2) is 6.72. The summed E-state index contributed by atoms with van der Waals surface area (Å²) in [5.74, 6) is 0. The molecule has 0 aromatic heterocycles. The smallest absolute Gasteiger partial charge is 0.0746 e. The molecule has 1 aromatic carbocycles. The lowest BCUT2D eigenvalue weighted by atomic mass is 10.0. The van der Waals surface area contributed by atoms with Crippen molar-refractivity contribution in [3.05, 3.63) is 35.9 Å². The first-order chi connectivity index (χ1) is 8.06. The van der Waals surface area contributed by atoms with Crippen molar-refractivity contribution in [3.8, 4) is 0 Å². The van der Waals surface area contributed by atoms with Crippen molar-refractivity contribution in [2.24, 2.45) is 5.73 Å². The quantitative estimate of drug-likeness (QED) is 0.787. The van der Waals surface area contributed by atoms with Gasteiger partial charge in [0, 0.05) is 18.5 Å². The number of nitrogens with zero attached hydrogens (tertiary/aromatic N) is 1. The van der Waals surface area contributed by atoms with Gasteiger partial charge in [-0.25, -0.2) is 0 Å². The lowest BCUT2D eigenvalue weighted by molar-refractivity contribution is 0.166. The first kappa shape index (κ1) is 14.1. The molecule has 1 unspecified atom stereocenters. The molecule has 0 bridgehead atoms. The second-order valence-corrected chi connectivity index (χ2v) is 5.05. The predicted octanol–water partition coefficient (Wildman–Crippen LogP) is 3.13. The van der Waals surface area contributed by atoms with Crippen molar-refractivity contribution >= 4 is 17.2 Å². The van der Waals surface area contributed by atoms with Crippen molar-refractivity contribution < 1.29 is 0 Å². The van der Waals surface area contributed by atoms with Gasteiger partial charge in [-0.3, -0.25) is 4.90 Å². The molecule has 1 rings (SSSR count). The van der Waals surface area contributed by atoms with Gasteiger partial charge < -0.3 is 5.73 Å². The maximum absolute atomic E-state index is 5.73. The molecule has 0 radical (unpaired) electrons. The molecule has 2 N–H and O–H groups in total. The fourth-order valence-corrected chi connectivity index (χ4v) is 2.40. The molecule has 3 heteroatoms. The van der Waals surface area contributed by atoms with Gasteiger partial charge in [0.1, 0.15) is 0 Å². The summed E-state index contributed by atoms with van der Waals surface area (Å²) in [4.78, 5) is 3.01. The van der Waals surface area contributed by atoms with Crippen LogP contribution in [0.4, 0.5) is 0 Å². The maximum Gasteiger partial charge on any atom is 0.0746 e. The third kappa shape index (κ3) is 4.10. The molecule has 0 aliphatic carbocycles. The molecular formula is C14H22N2S. The van der Waals surface area contributed by atoms with Gasteiger partial charge in [0.15, 0.2) is 0 Å². The molecule has 1 atom stereocenters. The molecule has 0 saturated carbocycles. The lowest BCUT2D eigenvalue weighted by Gasteiger charge is -2.34. The van der Waals surface area contributed by atoms with Gasteiger partial charge in [0.2, 0.25) is 0 Å². The Bertz CT molecular complexity index is 348. The van der Waals surface area contributed by atoms with Gasteiger partial charge in [-0.2, -0.15) is 0 Å². The minimum atomic E-state index is 0.290. The van der Waals surface area contributed by atoms with Crippen molar-refractivity contribution in [2.45, 2.75) is 39.3 Å². The van der Waals surface area contributed by atoms with E-state index in [9.17, 15) is 0 Å². The number of rotatable bonds is 6. The molecule has 0 heterocycles. The van der Waals surface area contributed by atoms with E-state index in [-0.39, 0.29) is 0 Å². The van der Waals surface area contributed by atoms with Crippen LogP contribution < -0.4 is 5.73 Å². The standard InChI is InChI=1S/C14H22N2S/c1-4-16(11(2)3)13(10-14(15)17)12-8-6-5-7-9-12/h5-9,11,13H,4,10H2,1-3H3,(H2,15,17). The van der Waals surface area contributed by atoms with Crippen LogP contribution in [0.1, 0.15) is 38.8 Å². The van der Waals surface area contributed by atoms with Crippen molar-refractivity contribution in [1.29, 1.82) is 0 Å². The van der Waals surface area contributed by atoms with Gasteiger partial charge in [0.25, 0.3) is 0 Å². The number of thiocarbonyl (C=S) groups is 1. The molecule has 2 nitrogen and oxygen atoms in total. The lowest BCUT2D eigenvalue weighted by Crippen LogP contribution is -2.36. The van der Waals surface area contributed by atoms with Crippen LogP contribution >= 0.6 is 12.2 Å². The van der Waals surface area contributed by atoms with Gasteiger partial charge in [0.05, 0.1) is 4.99 Å². The highest BCUT2D eigenvalue weighted by molar-refractivity contribution is 7.80. The summed E-state index contributed by atoms with van der Waals surface area (Å²) in [7, 11) is 0. The average Bonchev–Trinajstić information content (AvgIpc) is 2.29. The van der Waals surface area contributed by atoms with Crippen LogP contribution in [0.15, 0.2) is 30.3 Å². The van der Waals surface area contributed by atoms with Gasteiger partial charge in [-0.05, 0) is 26.0 Å². The molecule has 0 amide bonds. The van der Waals surface area contributed by atoms with Crippen LogP contribution in [-0.2, 0) is 0 Å². The van der Waals surface area contributed by atoms with Crippen LogP contribution in [0.2, 0.25) is 0 Å². The topological polar surface area (TPSA) is 29.3 Å². The Hall–Kier alpha value is -0.930. The number of nitrogens with two attached hydrogens (primary N) is 1. The predicted molar refractivity (Wildman–Crippen MR) is 78.1 cm³/mol. The zero-order valence-corrected chi connectivity index (χ0v) is 11.7. The monoisotopic (exact) mass is 250 g/mol. The van der Waals surface area contributed by atoms with Crippen molar-refractivity contribution in [2.75, 3.05) is 6.54 Å². The summed E-state index contributed by atoms with van der Waals surface area (Å²) in [6, 6.07) is 11.2. The van der Waals surface area contributed by atoms with Gasteiger partial charge in [-0.15, -0.1) is 0 Å². The van der Waals surface area contributed by atoms with E-state index in [0.29, 0.717) is 17.1 Å². The molecular weight excluding hydrogens is 228 g/mol. The van der Waals surface area contributed by atoms with Crippen molar-refractivity contribution in [3.63, 3.8) is 0 Å². The summed E-state index contributed by atoms with van der Waals surface area (Å²) in [6.45, 7) is 7.59. The van der Waals surface area contributed by atoms with E-state index in [1.54, 1.807) is 0 Å². The Labute approximate surface area is 110 Å². The summed E-state index contributed by atoms with van der Waals surface area (Å²) >= 11 is 5.08. The summed E-state index contributed by atoms with van der Waals surface area (Å²) in [6.07, 6.45) is 0.741. The zero-order chi connectivity index (χ0) is 12.8. The fraction of sp³-hybridized carbons (Fsp3) is 0.500. The van der Waals surface area contributed by atoms with E-state index in [1.165, 1.54) is 5.56 Å². The van der Waals surface area contributed by atoms with Crippen LogP contribution in [0.25, 0.3) is 0 Å². The van der Waals surface area contributed by atoms with E-state index in [4.69, 9.17) is 18.0 Å². The first-order valence-corrected chi connectivity index (χ1v) is 6.56. The average molecular weight is 250 g/mol. The van der Waals surface area contributed by atoms with Crippen molar-refractivity contribution in [1.82, 2.24) is 4.90 Å². The van der Waals surface area contributed by atoms with E-state index in [2.05, 4.69) is 49.9 Å². The minimum absolute atomic E-state index is 0.290. The fourth-order valence-electron chi connectivity index (χ4n) is 2.24. The molecule has 94 valence electrons. The molecule has 1 aromatic rings. The normalized spacial score (nSPS) is 13.0. The van der Waals surface area contributed by atoms with Crippen LogP contribution in [0.3, 0.4) is 0 Å². The molecule has 0 spiro atoms. The second-order valence-electron chi connectivity index (χ2n) is 4.52. The maximum atomic E-state index is 5.73. The Morgan fingerprint density at radius 1 is 1.29 bits per heavy atom. The third-order valence-corrected chi connectivity index (χ3v) is 3.17. The highest BCUT2D eigenvalue weighted by atomic mass is 32.1. The summed E-state index contributed by atoms with van der Waals surface area (Å²) in [5, 5.41) is 0. The molecule has 0 saturated heterocycles. The Kier molecular flexibility index (Phi) is 5.59. The van der Waals surface area contributed by atoms with E-state index < -0.39 is 0 Å². The van der Waals surface area contributed by atoms with E-state index >= 15 is 0 Å². The third-order valence-electron chi connectivity index (χ3n) is 3.01. The largest absolute Gasteiger partial charge is 0.393 e. The zero-order valence-electron chi connectivity index (χ0n) is 10.9. The first-order valence-electron chi connectivity index (χ1n) is 6.15. The van der Waals surface area contributed by atoms with E-state index in [1.807, 2.05) is 6.07 Å². The molecule has 0 fully saturated rings. The molecule has 0 aliphatic heterocycles. The SMILES string of the molecule is CCN(C(C)C)C(CC(N)=S)c1ccccc1. The summed E-state index contributed by atoms with van der Waals surface area (Å²) < 4.78 is 0. The highest BCUT2D eigenvalue weighted by Crippen LogP contribution is 2.26. The van der Waals surface area contributed by atoms with E-state index in [0.717, 1.165) is 13.0 Å². The molecule has 0 aliphatic rings. The van der Waals surface area contributed by atoms with Crippen LogP contribution in [0.5, 0.6) is 0 Å². The Morgan fingerprint density at radius 2 is 1.88 bits per heavy atom. The Morgan fingerprint density at radius 3 is 2.29 bits per heavy atom. The highest BCUT2D eigenvalue weighted by Gasteiger charge is 2.21. The van der Waals surface area contributed by atoms with Crippen LogP contribution in [-0.4, -0.2) is 22.5 Å². The van der Waals surface area contributed by atoms with Gasteiger partial charge >= 0.3 is 0 Å². The number of hydrogen-bond donors (Lipinski definition) is 1. The van der Waals surface area contributed by atoms with Gasteiger partial charge in [-0.1, -0.05) is 49.5 Å².